The Bertz CT molecular complexity index is 210. The fraction of sp³-hybridized carbons (Fsp3) is 0. The minimum absolute atomic E-state index is 0.0536. The van der Waals surface area contributed by atoms with Crippen molar-refractivity contribution in [1.82, 2.24) is 2.78 Å². The van der Waals surface area contributed by atoms with Crippen molar-refractivity contribution < 1.29 is 0 Å². The van der Waals surface area contributed by atoms with E-state index in [2.05, 4.69) is 22.9 Å². The van der Waals surface area contributed by atoms with E-state index in [1.54, 1.807) is 15.2 Å². The van der Waals surface area contributed by atoms with Crippen LogP contribution in [0.3, 0.4) is 0 Å². The molecule has 42 valence electrons. The molecule has 0 aromatic carbocycles. The van der Waals surface area contributed by atoms with Gasteiger partial charge in [0.05, 0.1) is 22.9 Å². The molecule has 0 fully saturated rings. The van der Waals surface area contributed by atoms with Crippen LogP contribution in [-0.4, -0.2) is 2.78 Å². The smallest absolute Gasteiger partial charge is 0.181 e. The summed E-state index contributed by atoms with van der Waals surface area (Å²) >= 11 is 2.07. The molecule has 0 amide bonds. The molecule has 0 spiro atoms. The van der Waals surface area contributed by atoms with E-state index in [-0.39, 0.29) is 5.43 Å². The van der Waals surface area contributed by atoms with Crippen LogP contribution in [-0.2, 0) is 0 Å². The Morgan fingerprint density at radius 1 is 1.38 bits per heavy atom. The molecule has 0 saturated heterocycles. The zero-order valence-corrected chi connectivity index (χ0v) is 6.20. The first-order valence-electron chi connectivity index (χ1n) is 2.13. The molecule has 0 atom stereocenters. The number of hydrogen-bond acceptors (Lipinski definition) is 1. The van der Waals surface area contributed by atoms with Gasteiger partial charge in [-0.25, -0.2) is 0 Å². The highest BCUT2D eigenvalue weighted by Crippen LogP contribution is 1.87. The van der Waals surface area contributed by atoms with Gasteiger partial charge in [-0.05, 0) is 0 Å². The fourth-order valence-electron chi connectivity index (χ4n) is 0.395. The summed E-state index contributed by atoms with van der Waals surface area (Å²) in [5, 5.41) is 0. The van der Waals surface area contributed by atoms with Gasteiger partial charge in [-0.15, -0.1) is 0 Å². The quantitative estimate of drug-likeness (QED) is 0.600. The molecule has 3 heteroatoms. The number of rotatable bonds is 0. The summed E-state index contributed by atoms with van der Waals surface area (Å²) in [7, 11) is 0. The summed E-state index contributed by atoms with van der Waals surface area (Å²) in [6, 6.07) is 3.04. The second kappa shape index (κ2) is 2.30. The molecule has 1 aromatic heterocycles. The van der Waals surface area contributed by atoms with Crippen LogP contribution in [0.1, 0.15) is 0 Å². The zero-order chi connectivity index (χ0) is 5.98. The van der Waals surface area contributed by atoms with E-state index < -0.39 is 0 Å². The van der Waals surface area contributed by atoms with Gasteiger partial charge in [0.1, 0.15) is 0 Å². The largest absolute Gasteiger partial charge is 0.297 e. The third-order valence-electron chi connectivity index (χ3n) is 0.762. The Morgan fingerprint density at radius 3 is 2.25 bits per heavy atom. The first-order valence-corrected chi connectivity index (χ1v) is 3.10. The van der Waals surface area contributed by atoms with E-state index in [1.165, 1.54) is 12.1 Å². The predicted octanol–water partition coefficient (Wildman–Crippen LogP) is 1.05. The maximum Gasteiger partial charge on any atom is 0.181 e. The van der Waals surface area contributed by atoms with E-state index in [9.17, 15) is 4.79 Å². The maximum absolute atomic E-state index is 10.4. The van der Waals surface area contributed by atoms with Gasteiger partial charge in [0.15, 0.2) is 5.43 Å². The van der Waals surface area contributed by atoms with Crippen molar-refractivity contribution in [2.75, 3.05) is 0 Å². The Labute approximate surface area is 60.6 Å². The van der Waals surface area contributed by atoms with Crippen molar-refractivity contribution in [3.63, 3.8) is 0 Å². The van der Waals surface area contributed by atoms with Crippen molar-refractivity contribution in [3.05, 3.63) is 34.7 Å². The number of hydrogen-bond donors (Lipinski definition) is 0. The van der Waals surface area contributed by atoms with Crippen LogP contribution in [0.5, 0.6) is 0 Å². The highest BCUT2D eigenvalue weighted by atomic mass is 127. The van der Waals surface area contributed by atoms with Crippen LogP contribution in [0.2, 0.25) is 0 Å². The van der Waals surface area contributed by atoms with Gasteiger partial charge < -0.3 is 0 Å². The van der Waals surface area contributed by atoms with Crippen LogP contribution in [0.15, 0.2) is 29.3 Å². The first kappa shape index (κ1) is 5.81. The third-order valence-corrected chi connectivity index (χ3v) is 1.41. The van der Waals surface area contributed by atoms with Crippen molar-refractivity contribution in [2.24, 2.45) is 0 Å². The molecule has 8 heavy (non-hydrogen) atoms. The molecule has 0 aliphatic rings. The molecule has 2 nitrogen and oxygen atoms in total. The molecule has 0 unspecified atom stereocenters. The number of aromatic nitrogens is 1. The van der Waals surface area contributed by atoms with Crippen molar-refractivity contribution in [3.8, 4) is 0 Å². The number of pyridine rings is 1. The fourth-order valence-corrected chi connectivity index (χ4v) is 0.716. The van der Waals surface area contributed by atoms with E-state index in [0.717, 1.165) is 0 Å². The van der Waals surface area contributed by atoms with E-state index in [0.29, 0.717) is 0 Å². The lowest BCUT2D eigenvalue weighted by Crippen LogP contribution is -1.95. The topological polar surface area (TPSA) is 22.0 Å². The number of nitrogens with zero attached hydrogens (tertiary/aromatic N) is 1. The summed E-state index contributed by atoms with van der Waals surface area (Å²) in [4.78, 5) is 10.4. The molecule has 1 rings (SSSR count). The third kappa shape index (κ3) is 1.33. The number of halogens is 1. The van der Waals surface area contributed by atoms with Crippen LogP contribution >= 0.6 is 22.9 Å². The van der Waals surface area contributed by atoms with Crippen molar-refractivity contribution in [2.45, 2.75) is 0 Å². The van der Waals surface area contributed by atoms with Crippen LogP contribution < -0.4 is 5.43 Å². The molecule has 0 aliphatic heterocycles. The Balaban J connectivity index is 3.22. The molecular weight excluding hydrogens is 217 g/mol. The lowest BCUT2D eigenvalue weighted by atomic mass is 10.5. The van der Waals surface area contributed by atoms with Crippen LogP contribution in [0.4, 0.5) is 0 Å². The molecule has 0 radical (unpaired) electrons. The van der Waals surface area contributed by atoms with Gasteiger partial charge in [0.25, 0.3) is 0 Å². The average molecular weight is 221 g/mol. The van der Waals surface area contributed by atoms with Crippen LogP contribution in [0, 0.1) is 0 Å². The minimum atomic E-state index is 0.0536. The summed E-state index contributed by atoms with van der Waals surface area (Å²) in [5.74, 6) is 0. The highest BCUT2D eigenvalue weighted by Gasteiger charge is 1.78. The van der Waals surface area contributed by atoms with Gasteiger partial charge in [-0.2, -0.15) is 0 Å². The lowest BCUT2D eigenvalue weighted by Gasteiger charge is -1.86. The van der Waals surface area contributed by atoms with E-state index >= 15 is 0 Å². The minimum Gasteiger partial charge on any atom is -0.297 e. The second-order valence-electron chi connectivity index (χ2n) is 1.38. The summed E-state index contributed by atoms with van der Waals surface area (Å²) in [5.41, 5.74) is 0.0536. The average Bonchev–Trinajstić information content (AvgIpc) is 1.77. The molecule has 1 heterocycles. The van der Waals surface area contributed by atoms with Crippen molar-refractivity contribution >= 4 is 22.9 Å². The Hall–Kier alpha value is -0.320. The predicted molar refractivity (Wildman–Crippen MR) is 40.1 cm³/mol. The second-order valence-corrected chi connectivity index (χ2v) is 2.49. The monoisotopic (exact) mass is 221 g/mol. The molecule has 0 saturated carbocycles. The lowest BCUT2D eigenvalue weighted by molar-refractivity contribution is 1.27. The van der Waals surface area contributed by atoms with Crippen molar-refractivity contribution in [1.29, 1.82) is 0 Å². The van der Waals surface area contributed by atoms with Crippen LogP contribution in [0.25, 0.3) is 0 Å². The molecule has 0 aliphatic carbocycles. The molecule has 0 N–H and O–H groups in total. The van der Waals surface area contributed by atoms with E-state index in [4.69, 9.17) is 0 Å². The van der Waals surface area contributed by atoms with Gasteiger partial charge in [0.2, 0.25) is 0 Å². The van der Waals surface area contributed by atoms with E-state index in [1.807, 2.05) is 0 Å². The van der Waals surface area contributed by atoms with Gasteiger partial charge in [0, 0.05) is 24.5 Å². The standard InChI is InChI=1S/C5H4INO/c6-7-3-1-5(8)2-4-7/h1-4H. The zero-order valence-electron chi connectivity index (χ0n) is 4.04. The Kier molecular flexibility index (Phi) is 1.67. The summed E-state index contributed by atoms with van der Waals surface area (Å²) in [6.45, 7) is 0. The molecule has 0 bridgehead atoms. The van der Waals surface area contributed by atoms with Gasteiger partial charge in [-0.1, -0.05) is 0 Å². The summed E-state index contributed by atoms with van der Waals surface area (Å²) in [6.07, 6.45) is 3.42. The normalized spacial score (nSPS) is 9.12. The molecular formula is C5H4INO. The SMILES string of the molecule is O=c1ccn(I)cc1. The summed E-state index contributed by atoms with van der Waals surface area (Å²) < 4.78 is 1.79. The van der Waals surface area contributed by atoms with Gasteiger partial charge >= 0.3 is 0 Å². The highest BCUT2D eigenvalue weighted by molar-refractivity contribution is 14.1. The Morgan fingerprint density at radius 2 is 1.88 bits per heavy atom. The molecule has 1 aromatic rings. The van der Waals surface area contributed by atoms with Gasteiger partial charge in [-0.3, -0.25) is 7.58 Å². The maximum atomic E-state index is 10.4. The first-order chi connectivity index (χ1) is 3.79.